The fourth-order valence-electron chi connectivity index (χ4n) is 2.07. The summed E-state index contributed by atoms with van der Waals surface area (Å²) in [4.78, 5) is 21.9. The molecule has 0 heterocycles. The van der Waals surface area contributed by atoms with Crippen molar-refractivity contribution in [3.8, 4) is 0 Å². The van der Waals surface area contributed by atoms with Gasteiger partial charge in [-0.25, -0.2) is 0 Å². The highest BCUT2D eigenvalue weighted by molar-refractivity contribution is 8.00. The minimum absolute atomic E-state index is 0.115. The van der Waals surface area contributed by atoms with E-state index in [1.807, 2.05) is 0 Å². The van der Waals surface area contributed by atoms with E-state index in [-0.39, 0.29) is 11.3 Å². The summed E-state index contributed by atoms with van der Waals surface area (Å²) in [6.45, 7) is 0. The second-order valence-electron chi connectivity index (χ2n) is 4.12. The first kappa shape index (κ1) is 12.1. The summed E-state index contributed by atoms with van der Waals surface area (Å²) in [6.07, 6.45) is 5.45. The highest BCUT2D eigenvalue weighted by Crippen LogP contribution is 2.35. The van der Waals surface area contributed by atoms with Gasteiger partial charge in [-0.15, -0.1) is 11.8 Å². The second kappa shape index (κ2) is 5.31. The summed E-state index contributed by atoms with van der Waals surface area (Å²) >= 11 is 1.72. The zero-order valence-electron chi connectivity index (χ0n) is 9.30. The Balaban J connectivity index is 2.18. The molecule has 0 amide bonds. The molecule has 1 aromatic rings. The molecule has 1 saturated carbocycles. The van der Waals surface area contributed by atoms with E-state index < -0.39 is 4.92 Å². The Morgan fingerprint density at radius 3 is 2.65 bits per heavy atom. The Hall–Kier alpha value is -1.36. The molecule has 0 N–H and O–H groups in total. The molecule has 17 heavy (non-hydrogen) atoms. The summed E-state index contributed by atoms with van der Waals surface area (Å²) in [5.41, 5.74) is 0.0498. The Kier molecular flexibility index (Phi) is 3.78. The van der Waals surface area contributed by atoms with Crippen LogP contribution >= 0.6 is 11.8 Å². The molecule has 0 aromatic heterocycles. The number of hydrogen-bond donors (Lipinski definition) is 0. The Morgan fingerprint density at radius 2 is 2.06 bits per heavy atom. The largest absolute Gasteiger partial charge is 0.298 e. The number of nitro benzene ring substituents is 1. The third kappa shape index (κ3) is 2.85. The molecule has 5 heteroatoms. The van der Waals surface area contributed by atoms with Crippen molar-refractivity contribution in [2.75, 3.05) is 0 Å². The number of nitro groups is 1. The van der Waals surface area contributed by atoms with Gasteiger partial charge in [0.1, 0.15) is 0 Å². The highest BCUT2D eigenvalue weighted by atomic mass is 32.2. The lowest BCUT2D eigenvalue weighted by Crippen LogP contribution is -1.97. The average Bonchev–Trinajstić information content (AvgIpc) is 2.81. The van der Waals surface area contributed by atoms with Gasteiger partial charge in [-0.2, -0.15) is 0 Å². The molecule has 1 aliphatic rings. The van der Waals surface area contributed by atoms with E-state index in [2.05, 4.69) is 0 Å². The van der Waals surface area contributed by atoms with Gasteiger partial charge >= 0.3 is 0 Å². The molecule has 0 atom stereocenters. The second-order valence-corrected chi connectivity index (χ2v) is 5.49. The predicted molar refractivity (Wildman–Crippen MR) is 66.6 cm³/mol. The Bertz CT molecular complexity index is 441. The first-order valence-electron chi connectivity index (χ1n) is 5.61. The van der Waals surface area contributed by atoms with Gasteiger partial charge in [0.25, 0.3) is 5.69 Å². The summed E-state index contributed by atoms with van der Waals surface area (Å²) < 4.78 is 0. The van der Waals surface area contributed by atoms with E-state index in [9.17, 15) is 14.9 Å². The lowest BCUT2D eigenvalue weighted by molar-refractivity contribution is -0.385. The van der Waals surface area contributed by atoms with Crippen LogP contribution in [0.5, 0.6) is 0 Å². The molecule has 4 nitrogen and oxygen atoms in total. The molecule has 90 valence electrons. The van der Waals surface area contributed by atoms with Gasteiger partial charge < -0.3 is 0 Å². The number of rotatable bonds is 4. The quantitative estimate of drug-likeness (QED) is 0.467. The summed E-state index contributed by atoms with van der Waals surface area (Å²) in [7, 11) is 0. The van der Waals surface area contributed by atoms with E-state index in [1.54, 1.807) is 23.9 Å². The standard InChI is InChI=1S/C12H13NO3S/c14-8-9-7-11(5-6-12(9)13(15)16)17-10-3-1-2-4-10/h5-8,10H,1-4H2. The van der Waals surface area contributed by atoms with Crippen LogP contribution in [0, 0.1) is 10.1 Å². The molecule has 0 spiro atoms. The molecule has 1 fully saturated rings. The number of carbonyl (C=O) groups is 1. The van der Waals surface area contributed by atoms with E-state index in [4.69, 9.17) is 0 Å². The lowest BCUT2D eigenvalue weighted by atomic mass is 10.2. The fraction of sp³-hybridized carbons (Fsp3) is 0.417. The molecular weight excluding hydrogens is 238 g/mol. The third-order valence-corrected chi connectivity index (χ3v) is 4.26. The smallest absolute Gasteiger partial charge is 0.279 e. The van der Waals surface area contributed by atoms with Crippen molar-refractivity contribution in [2.45, 2.75) is 35.8 Å². The molecule has 2 rings (SSSR count). The van der Waals surface area contributed by atoms with Crippen molar-refractivity contribution >= 4 is 23.7 Å². The van der Waals surface area contributed by atoms with Crippen molar-refractivity contribution in [1.82, 2.24) is 0 Å². The van der Waals surface area contributed by atoms with Crippen LogP contribution in [0.2, 0.25) is 0 Å². The van der Waals surface area contributed by atoms with E-state index >= 15 is 0 Å². The summed E-state index contributed by atoms with van der Waals surface area (Å²) in [5.74, 6) is 0. The maximum Gasteiger partial charge on any atom is 0.279 e. The monoisotopic (exact) mass is 251 g/mol. The molecule has 0 unspecified atom stereocenters. The van der Waals surface area contributed by atoms with Crippen LogP contribution in [0.25, 0.3) is 0 Å². The van der Waals surface area contributed by atoms with Crippen LogP contribution in [0.15, 0.2) is 23.1 Å². The Morgan fingerprint density at radius 1 is 1.35 bits per heavy atom. The number of nitrogens with zero attached hydrogens (tertiary/aromatic N) is 1. The van der Waals surface area contributed by atoms with Crippen molar-refractivity contribution in [2.24, 2.45) is 0 Å². The minimum Gasteiger partial charge on any atom is -0.298 e. The van der Waals surface area contributed by atoms with E-state index in [0.29, 0.717) is 11.5 Å². The van der Waals surface area contributed by atoms with Gasteiger partial charge in [0.15, 0.2) is 6.29 Å². The van der Waals surface area contributed by atoms with Crippen LogP contribution in [-0.4, -0.2) is 16.5 Å². The lowest BCUT2D eigenvalue weighted by Gasteiger charge is -2.08. The maximum absolute atomic E-state index is 10.8. The average molecular weight is 251 g/mol. The molecule has 0 bridgehead atoms. The summed E-state index contributed by atoms with van der Waals surface area (Å²) in [6, 6.07) is 4.77. The van der Waals surface area contributed by atoms with Gasteiger partial charge in [-0.3, -0.25) is 14.9 Å². The zero-order chi connectivity index (χ0) is 12.3. The van der Waals surface area contributed by atoms with Crippen molar-refractivity contribution in [1.29, 1.82) is 0 Å². The molecule has 0 aliphatic heterocycles. The molecule has 0 radical (unpaired) electrons. The van der Waals surface area contributed by atoms with Crippen molar-refractivity contribution < 1.29 is 9.72 Å². The molecule has 1 aliphatic carbocycles. The number of hydrogen-bond acceptors (Lipinski definition) is 4. The van der Waals surface area contributed by atoms with Crippen LogP contribution in [0.1, 0.15) is 36.0 Å². The number of aldehydes is 1. The predicted octanol–water partition coefficient (Wildman–Crippen LogP) is 3.44. The van der Waals surface area contributed by atoms with E-state index in [1.165, 1.54) is 31.7 Å². The zero-order valence-corrected chi connectivity index (χ0v) is 10.1. The van der Waals surface area contributed by atoms with Crippen molar-refractivity contribution in [3.63, 3.8) is 0 Å². The minimum atomic E-state index is -0.520. The maximum atomic E-state index is 10.8. The van der Waals surface area contributed by atoms with E-state index in [0.717, 1.165) is 4.90 Å². The van der Waals surface area contributed by atoms with Gasteiger partial charge in [0.2, 0.25) is 0 Å². The van der Waals surface area contributed by atoms with Gasteiger partial charge in [-0.05, 0) is 25.0 Å². The first-order valence-corrected chi connectivity index (χ1v) is 6.49. The Labute approximate surface area is 104 Å². The van der Waals surface area contributed by atoms with Gasteiger partial charge in [0.05, 0.1) is 10.5 Å². The van der Waals surface area contributed by atoms with Crippen LogP contribution in [0.4, 0.5) is 5.69 Å². The molecule has 1 aromatic carbocycles. The van der Waals surface area contributed by atoms with Crippen LogP contribution in [0.3, 0.4) is 0 Å². The third-order valence-electron chi connectivity index (χ3n) is 2.93. The summed E-state index contributed by atoms with van der Waals surface area (Å²) in [5, 5.41) is 11.3. The number of carbonyl (C=O) groups excluding carboxylic acids is 1. The number of benzene rings is 1. The normalized spacial score (nSPS) is 16.0. The van der Waals surface area contributed by atoms with Crippen LogP contribution < -0.4 is 0 Å². The molecular formula is C12H13NO3S. The van der Waals surface area contributed by atoms with Gasteiger partial charge in [-0.1, -0.05) is 12.8 Å². The molecule has 0 saturated heterocycles. The SMILES string of the molecule is O=Cc1cc(SC2CCCC2)ccc1[N+](=O)[O-]. The number of thioether (sulfide) groups is 1. The van der Waals surface area contributed by atoms with Crippen molar-refractivity contribution in [3.05, 3.63) is 33.9 Å². The van der Waals surface area contributed by atoms with Crippen LogP contribution in [-0.2, 0) is 0 Å². The fourth-order valence-corrected chi connectivity index (χ4v) is 3.36. The first-order chi connectivity index (χ1) is 8.20. The topological polar surface area (TPSA) is 60.2 Å². The highest BCUT2D eigenvalue weighted by Gasteiger charge is 2.18. The van der Waals surface area contributed by atoms with Gasteiger partial charge in [0, 0.05) is 16.2 Å².